The van der Waals surface area contributed by atoms with Gasteiger partial charge in [0.25, 0.3) is 0 Å². The van der Waals surface area contributed by atoms with Crippen molar-refractivity contribution < 1.29 is 5.11 Å². The van der Waals surface area contributed by atoms with Crippen molar-refractivity contribution in [2.24, 2.45) is 0 Å². The maximum atomic E-state index is 10.1. The Hall–Kier alpha value is -0.980. The molecule has 0 aliphatic heterocycles. The van der Waals surface area contributed by atoms with Crippen LogP contribution < -0.4 is 0 Å². The van der Waals surface area contributed by atoms with Crippen molar-refractivity contribution in [3.05, 3.63) is 29.8 Å². The molecule has 0 aromatic heterocycles. The first-order valence-corrected chi connectivity index (χ1v) is 7.07. The van der Waals surface area contributed by atoms with Crippen LogP contribution in [0.1, 0.15) is 63.9 Å². The summed E-state index contributed by atoms with van der Waals surface area (Å²) >= 11 is 0. The molecular formula is C16H24O. The fourth-order valence-electron chi connectivity index (χ4n) is 3.32. The van der Waals surface area contributed by atoms with Gasteiger partial charge in [0.05, 0.1) is 0 Å². The van der Waals surface area contributed by atoms with Crippen molar-refractivity contribution >= 4 is 0 Å². The largest absolute Gasteiger partial charge is 0.508 e. The van der Waals surface area contributed by atoms with E-state index >= 15 is 0 Å². The predicted octanol–water partition coefficient (Wildman–Crippen LogP) is 4.78. The molecule has 0 spiro atoms. The van der Waals surface area contributed by atoms with Gasteiger partial charge in [0.15, 0.2) is 0 Å². The van der Waals surface area contributed by atoms with E-state index in [9.17, 15) is 5.11 Å². The molecule has 0 bridgehead atoms. The molecule has 1 aromatic carbocycles. The third kappa shape index (κ3) is 2.65. The third-order valence-corrected chi connectivity index (χ3v) is 4.29. The number of phenolic OH excluding ortho intramolecular Hbond substituents is 1. The Morgan fingerprint density at radius 1 is 1.12 bits per heavy atom. The van der Waals surface area contributed by atoms with E-state index in [-0.39, 0.29) is 5.41 Å². The highest BCUT2D eigenvalue weighted by molar-refractivity contribution is 5.38. The highest BCUT2D eigenvalue weighted by Crippen LogP contribution is 2.46. The van der Waals surface area contributed by atoms with Crippen LogP contribution in [0, 0.1) is 0 Å². The van der Waals surface area contributed by atoms with Gasteiger partial charge < -0.3 is 5.11 Å². The van der Waals surface area contributed by atoms with Crippen LogP contribution in [0.4, 0.5) is 0 Å². The number of hydrogen-bond donors (Lipinski definition) is 1. The average Bonchev–Trinajstić information content (AvgIpc) is 2.38. The van der Waals surface area contributed by atoms with E-state index in [1.807, 2.05) is 12.1 Å². The van der Waals surface area contributed by atoms with Crippen LogP contribution in [-0.4, -0.2) is 5.11 Å². The molecule has 0 amide bonds. The SMILES string of the molecule is CCCCC1(c2ccccc2O)CCCCC1. The van der Waals surface area contributed by atoms with E-state index in [4.69, 9.17) is 0 Å². The average molecular weight is 232 g/mol. The molecule has 0 heterocycles. The maximum absolute atomic E-state index is 10.1. The number of phenols is 1. The highest BCUT2D eigenvalue weighted by atomic mass is 16.3. The van der Waals surface area contributed by atoms with Gasteiger partial charge in [0, 0.05) is 5.56 Å². The summed E-state index contributed by atoms with van der Waals surface area (Å²) in [5.74, 6) is 0.505. The van der Waals surface area contributed by atoms with Gasteiger partial charge >= 0.3 is 0 Å². The molecule has 0 radical (unpaired) electrons. The van der Waals surface area contributed by atoms with Gasteiger partial charge in [0.2, 0.25) is 0 Å². The molecule has 1 saturated carbocycles. The summed E-state index contributed by atoms with van der Waals surface area (Å²) in [6.07, 6.45) is 10.3. The van der Waals surface area contributed by atoms with Crippen molar-refractivity contribution in [1.82, 2.24) is 0 Å². The molecule has 0 atom stereocenters. The second-order valence-corrected chi connectivity index (χ2v) is 5.46. The zero-order valence-electron chi connectivity index (χ0n) is 10.9. The van der Waals surface area contributed by atoms with Crippen LogP contribution in [0.3, 0.4) is 0 Å². The van der Waals surface area contributed by atoms with Crippen LogP contribution in [-0.2, 0) is 5.41 Å². The Labute approximate surface area is 105 Å². The van der Waals surface area contributed by atoms with Crippen molar-refractivity contribution in [3.63, 3.8) is 0 Å². The Kier molecular flexibility index (Phi) is 4.09. The second kappa shape index (κ2) is 5.57. The second-order valence-electron chi connectivity index (χ2n) is 5.46. The number of unbranched alkanes of at least 4 members (excludes halogenated alkanes) is 1. The number of para-hydroxylation sites is 1. The summed E-state index contributed by atoms with van der Waals surface area (Å²) in [6.45, 7) is 2.25. The Bertz CT molecular complexity index is 350. The third-order valence-electron chi connectivity index (χ3n) is 4.29. The molecule has 1 nitrogen and oxygen atoms in total. The van der Waals surface area contributed by atoms with E-state index in [0.717, 1.165) is 0 Å². The van der Waals surface area contributed by atoms with Crippen molar-refractivity contribution in [3.8, 4) is 5.75 Å². The van der Waals surface area contributed by atoms with Crippen LogP contribution in [0.15, 0.2) is 24.3 Å². The van der Waals surface area contributed by atoms with Gasteiger partial charge in [-0.1, -0.05) is 57.2 Å². The summed E-state index contributed by atoms with van der Waals surface area (Å²) in [6, 6.07) is 7.97. The minimum absolute atomic E-state index is 0.263. The topological polar surface area (TPSA) is 20.2 Å². The van der Waals surface area contributed by atoms with E-state index in [1.54, 1.807) is 0 Å². The molecule has 94 valence electrons. The van der Waals surface area contributed by atoms with Gasteiger partial charge in [-0.05, 0) is 30.7 Å². The Morgan fingerprint density at radius 3 is 2.47 bits per heavy atom. The molecule has 0 saturated heterocycles. The van der Waals surface area contributed by atoms with Crippen molar-refractivity contribution in [2.45, 2.75) is 63.7 Å². The Balaban J connectivity index is 2.28. The lowest BCUT2D eigenvalue weighted by Gasteiger charge is -2.38. The normalized spacial score (nSPS) is 19.1. The van der Waals surface area contributed by atoms with Gasteiger partial charge in [0.1, 0.15) is 5.75 Å². The van der Waals surface area contributed by atoms with E-state index < -0.39 is 0 Å². The van der Waals surface area contributed by atoms with Gasteiger partial charge in [-0.3, -0.25) is 0 Å². The van der Waals surface area contributed by atoms with Gasteiger partial charge in [-0.15, -0.1) is 0 Å². The van der Waals surface area contributed by atoms with Gasteiger partial charge in [-0.2, -0.15) is 0 Å². The minimum Gasteiger partial charge on any atom is -0.508 e. The first-order valence-electron chi connectivity index (χ1n) is 7.07. The molecule has 1 heteroatoms. The molecule has 0 unspecified atom stereocenters. The minimum atomic E-state index is 0.263. The monoisotopic (exact) mass is 232 g/mol. The van der Waals surface area contributed by atoms with Crippen molar-refractivity contribution in [2.75, 3.05) is 0 Å². The molecule has 1 aromatic rings. The van der Waals surface area contributed by atoms with Crippen LogP contribution in [0.5, 0.6) is 5.75 Å². The highest BCUT2D eigenvalue weighted by Gasteiger charge is 2.34. The lowest BCUT2D eigenvalue weighted by molar-refractivity contribution is 0.259. The van der Waals surface area contributed by atoms with Crippen LogP contribution >= 0.6 is 0 Å². The van der Waals surface area contributed by atoms with E-state index in [0.29, 0.717) is 5.75 Å². The standard InChI is InChI=1S/C16H24O/c1-2-3-11-16(12-7-4-8-13-16)14-9-5-6-10-15(14)17/h5-6,9-10,17H,2-4,7-8,11-13H2,1H3. The van der Waals surface area contributed by atoms with Crippen LogP contribution in [0.25, 0.3) is 0 Å². The van der Waals surface area contributed by atoms with Crippen molar-refractivity contribution in [1.29, 1.82) is 0 Å². The summed E-state index contributed by atoms with van der Waals surface area (Å²) in [5, 5.41) is 10.1. The molecular weight excluding hydrogens is 208 g/mol. The fourth-order valence-corrected chi connectivity index (χ4v) is 3.32. The molecule has 1 aliphatic rings. The molecule has 1 fully saturated rings. The van der Waals surface area contributed by atoms with E-state index in [1.165, 1.54) is 56.9 Å². The first-order chi connectivity index (χ1) is 8.28. The summed E-state index contributed by atoms with van der Waals surface area (Å²) in [7, 11) is 0. The fraction of sp³-hybridized carbons (Fsp3) is 0.625. The first kappa shape index (κ1) is 12.5. The number of aromatic hydroxyl groups is 1. The number of benzene rings is 1. The van der Waals surface area contributed by atoms with Crippen LogP contribution in [0.2, 0.25) is 0 Å². The van der Waals surface area contributed by atoms with Gasteiger partial charge in [-0.25, -0.2) is 0 Å². The van der Waals surface area contributed by atoms with E-state index in [2.05, 4.69) is 19.1 Å². The summed E-state index contributed by atoms with van der Waals surface area (Å²) in [5.41, 5.74) is 1.47. The zero-order chi connectivity index (χ0) is 12.1. The lowest BCUT2D eigenvalue weighted by atomic mass is 9.66. The summed E-state index contributed by atoms with van der Waals surface area (Å²) in [4.78, 5) is 0. The zero-order valence-corrected chi connectivity index (χ0v) is 10.9. The summed E-state index contributed by atoms with van der Waals surface area (Å²) < 4.78 is 0. The Morgan fingerprint density at radius 2 is 1.82 bits per heavy atom. The smallest absolute Gasteiger partial charge is 0.119 e. The molecule has 17 heavy (non-hydrogen) atoms. The molecule has 1 aliphatic carbocycles. The number of rotatable bonds is 4. The maximum Gasteiger partial charge on any atom is 0.119 e. The lowest BCUT2D eigenvalue weighted by Crippen LogP contribution is -2.29. The molecule has 1 N–H and O–H groups in total. The number of hydrogen-bond acceptors (Lipinski definition) is 1. The molecule has 2 rings (SSSR count). The quantitative estimate of drug-likeness (QED) is 0.791. The predicted molar refractivity (Wildman–Crippen MR) is 72.4 cm³/mol.